The quantitative estimate of drug-likeness (QED) is 0.785. The molecule has 4 nitrogen and oxygen atoms in total. The van der Waals surface area contributed by atoms with Crippen LogP contribution in [0.5, 0.6) is 0 Å². The van der Waals surface area contributed by atoms with Crippen LogP contribution >= 0.6 is 11.3 Å². The Morgan fingerprint density at radius 1 is 1.50 bits per heavy atom. The lowest BCUT2D eigenvalue weighted by molar-refractivity contribution is -0.176. The number of alkyl halides is 3. The minimum Gasteiger partial charge on any atom is -0.465 e. The molecule has 2 rings (SSSR count). The molecular formula is C12H14F3NO3S. The van der Waals surface area contributed by atoms with Crippen LogP contribution in [0.1, 0.15) is 34.8 Å². The van der Waals surface area contributed by atoms with E-state index < -0.39 is 18.7 Å². The number of thiazole rings is 1. The first kappa shape index (κ1) is 15.2. The third-order valence-electron chi connectivity index (χ3n) is 2.82. The Bertz CT molecular complexity index is 487. The first-order valence-corrected chi connectivity index (χ1v) is 7.02. The molecule has 112 valence electrons. The predicted octanol–water partition coefficient (Wildman–Crippen LogP) is 2.81. The standard InChI is InChI=1S/C12H14F3NO3S/c1-2-19-11(17)7-3-4-8-10(7)16-9(20-8)5-18-6-12(13,14)15/h7H,2-6H2,1H3. The molecule has 0 amide bonds. The largest absolute Gasteiger partial charge is 0.465 e. The summed E-state index contributed by atoms with van der Waals surface area (Å²) in [6, 6.07) is 0. The van der Waals surface area contributed by atoms with Crippen LogP contribution in [-0.4, -0.2) is 30.3 Å². The van der Waals surface area contributed by atoms with Crippen molar-refractivity contribution >= 4 is 17.3 Å². The summed E-state index contributed by atoms with van der Waals surface area (Å²) in [5, 5.41) is 0.466. The van der Waals surface area contributed by atoms with Gasteiger partial charge in [0.25, 0.3) is 0 Å². The molecule has 0 fully saturated rings. The first-order valence-electron chi connectivity index (χ1n) is 6.20. The van der Waals surface area contributed by atoms with Crippen LogP contribution in [0.2, 0.25) is 0 Å². The van der Waals surface area contributed by atoms with Gasteiger partial charge in [0.05, 0.1) is 18.9 Å². The number of hydrogen-bond acceptors (Lipinski definition) is 5. The molecule has 1 aromatic rings. The molecule has 0 saturated carbocycles. The zero-order chi connectivity index (χ0) is 14.8. The monoisotopic (exact) mass is 309 g/mol. The number of esters is 1. The lowest BCUT2D eigenvalue weighted by Crippen LogP contribution is -2.17. The summed E-state index contributed by atoms with van der Waals surface area (Å²) in [5.74, 6) is -0.711. The van der Waals surface area contributed by atoms with Crippen molar-refractivity contribution in [2.24, 2.45) is 0 Å². The second-order valence-corrected chi connectivity index (χ2v) is 5.54. The third kappa shape index (κ3) is 3.69. The molecule has 1 aliphatic rings. The summed E-state index contributed by atoms with van der Waals surface area (Å²) in [7, 11) is 0. The number of ether oxygens (including phenoxy) is 2. The molecule has 0 aromatic carbocycles. The fourth-order valence-electron chi connectivity index (χ4n) is 2.07. The maximum Gasteiger partial charge on any atom is 0.411 e. The number of hydrogen-bond donors (Lipinski definition) is 0. The Kier molecular flexibility index (Phi) is 4.64. The van der Waals surface area contributed by atoms with Crippen molar-refractivity contribution in [3.05, 3.63) is 15.6 Å². The number of carbonyl (C=O) groups is 1. The second-order valence-electron chi connectivity index (χ2n) is 4.37. The smallest absolute Gasteiger partial charge is 0.411 e. The zero-order valence-corrected chi connectivity index (χ0v) is 11.6. The highest BCUT2D eigenvalue weighted by atomic mass is 32.1. The van der Waals surface area contributed by atoms with Crippen LogP contribution < -0.4 is 0 Å². The van der Waals surface area contributed by atoms with Crippen LogP contribution in [0.15, 0.2) is 0 Å². The van der Waals surface area contributed by atoms with E-state index in [1.54, 1.807) is 6.92 Å². The van der Waals surface area contributed by atoms with E-state index in [2.05, 4.69) is 9.72 Å². The maximum atomic E-state index is 12.0. The molecule has 1 aromatic heterocycles. The number of rotatable bonds is 5. The predicted molar refractivity (Wildman–Crippen MR) is 65.5 cm³/mol. The minimum atomic E-state index is -4.34. The molecule has 0 spiro atoms. The van der Waals surface area contributed by atoms with E-state index in [0.717, 1.165) is 4.88 Å². The molecule has 0 aliphatic heterocycles. The van der Waals surface area contributed by atoms with Crippen LogP contribution in [0.3, 0.4) is 0 Å². The van der Waals surface area contributed by atoms with Crippen LogP contribution in [-0.2, 0) is 27.3 Å². The van der Waals surface area contributed by atoms with Crippen molar-refractivity contribution < 1.29 is 27.4 Å². The fraction of sp³-hybridized carbons (Fsp3) is 0.667. The molecule has 1 atom stereocenters. The number of carbonyl (C=O) groups excluding carboxylic acids is 1. The van der Waals surface area contributed by atoms with Gasteiger partial charge in [0, 0.05) is 4.88 Å². The van der Waals surface area contributed by atoms with Gasteiger partial charge in [-0.15, -0.1) is 11.3 Å². The van der Waals surface area contributed by atoms with E-state index >= 15 is 0 Å². The Hall–Kier alpha value is -1.15. The molecular weight excluding hydrogens is 295 g/mol. The van der Waals surface area contributed by atoms with Crippen molar-refractivity contribution in [3.63, 3.8) is 0 Å². The van der Waals surface area contributed by atoms with Crippen LogP contribution in [0.4, 0.5) is 13.2 Å². The number of halogens is 3. The molecule has 1 unspecified atom stereocenters. The summed E-state index contributed by atoms with van der Waals surface area (Å²) >= 11 is 1.30. The average Bonchev–Trinajstić information content (AvgIpc) is 2.86. The maximum absolute atomic E-state index is 12.0. The summed E-state index contributed by atoms with van der Waals surface area (Å²) in [6.07, 6.45) is -2.99. The SMILES string of the molecule is CCOC(=O)C1CCc2sc(COCC(F)(F)F)nc21. The summed E-state index contributed by atoms with van der Waals surface area (Å²) in [5.41, 5.74) is 0.638. The van der Waals surface area contributed by atoms with Gasteiger partial charge in [-0.05, 0) is 19.8 Å². The topological polar surface area (TPSA) is 48.4 Å². The van der Waals surface area contributed by atoms with Crippen molar-refractivity contribution in [1.82, 2.24) is 4.98 Å². The number of nitrogens with zero attached hydrogens (tertiary/aromatic N) is 1. The Labute approximate surface area is 117 Å². The number of aromatic nitrogens is 1. The third-order valence-corrected chi connectivity index (χ3v) is 3.93. The zero-order valence-electron chi connectivity index (χ0n) is 10.8. The van der Waals surface area contributed by atoms with E-state index in [1.165, 1.54) is 11.3 Å². The van der Waals surface area contributed by atoms with Gasteiger partial charge in [-0.25, -0.2) is 4.98 Å². The molecule has 1 heterocycles. The van der Waals surface area contributed by atoms with Gasteiger partial charge in [0.2, 0.25) is 0 Å². The molecule has 1 aliphatic carbocycles. The van der Waals surface area contributed by atoms with Gasteiger partial charge in [-0.2, -0.15) is 13.2 Å². The summed E-state index contributed by atoms with van der Waals surface area (Å²) < 4.78 is 45.4. The van der Waals surface area contributed by atoms with Gasteiger partial charge in [-0.3, -0.25) is 4.79 Å². The molecule has 8 heteroatoms. The van der Waals surface area contributed by atoms with E-state index in [1.807, 2.05) is 0 Å². The van der Waals surface area contributed by atoms with Crippen LogP contribution in [0, 0.1) is 0 Å². The highest BCUT2D eigenvalue weighted by Gasteiger charge is 2.34. The average molecular weight is 309 g/mol. The van der Waals surface area contributed by atoms with E-state index in [0.29, 0.717) is 30.2 Å². The van der Waals surface area contributed by atoms with Crippen LogP contribution in [0.25, 0.3) is 0 Å². The lowest BCUT2D eigenvalue weighted by Gasteiger charge is -2.08. The van der Waals surface area contributed by atoms with Crippen molar-refractivity contribution in [3.8, 4) is 0 Å². The van der Waals surface area contributed by atoms with Gasteiger partial charge in [0.15, 0.2) is 0 Å². The van der Waals surface area contributed by atoms with E-state index in [-0.39, 0.29) is 12.6 Å². The van der Waals surface area contributed by atoms with Gasteiger partial charge >= 0.3 is 12.1 Å². The Morgan fingerprint density at radius 2 is 2.25 bits per heavy atom. The summed E-state index contributed by atoms with van der Waals surface area (Å²) in [6.45, 7) is 0.548. The Balaban J connectivity index is 1.96. The minimum absolute atomic E-state index is 0.188. The van der Waals surface area contributed by atoms with E-state index in [9.17, 15) is 18.0 Å². The molecule has 20 heavy (non-hydrogen) atoms. The van der Waals surface area contributed by atoms with Crippen molar-refractivity contribution in [2.75, 3.05) is 13.2 Å². The number of fused-ring (bicyclic) bond motifs is 1. The van der Waals surface area contributed by atoms with Crippen molar-refractivity contribution in [2.45, 2.75) is 38.5 Å². The molecule has 0 radical (unpaired) electrons. The fourth-order valence-corrected chi connectivity index (χ4v) is 3.15. The molecule has 0 saturated heterocycles. The Morgan fingerprint density at radius 3 is 2.90 bits per heavy atom. The normalized spacial score (nSPS) is 18.1. The number of aryl methyl sites for hydroxylation is 1. The van der Waals surface area contributed by atoms with Gasteiger partial charge in [-0.1, -0.05) is 0 Å². The second kappa shape index (κ2) is 6.09. The van der Waals surface area contributed by atoms with Crippen molar-refractivity contribution in [1.29, 1.82) is 0 Å². The highest BCUT2D eigenvalue weighted by Crippen LogP contribution is 2.37. The summed E-state index contributed by atoms with van der Waals surface area (Å²) in [4.78, 5) is 16.9. The molecule has 0 bridgehead atoms. The molecule has 0 N–H and O–H groups in total. The first-order chi connectivity index (χ1) is 9.40. The highest BCUT2D eigenvalue weighted by molar-refractivity contribution is 7.11. The van der Waals surface area contributed by atoms with Gasteiger partial charge < -0.3 is 9.47 Å². The van der Waals surface area contributed by atoms with E-state index in [4.69, 9.17) is 4.74 Å². The lowest BCUT2D eigenvalue weighted by atomic mass is 10.1. The van der Waals surface area contributed by atoms with Gasteiger partial charge in [0.1, 0.15) is 17.5 Å².